The van der Waals surface area contributed by atoms with Gasteiger partial charge in [0.05, 0.1) is 11.2 Å². The number of rotatable bonds is 4. The molecule has 1 unspecified atom stereocenters. The lowest BCUT2D eigenvalue weighted by Crippen LogP contribution is -2.41. The Balaban J connectivity index is 2.34. The molecule has 6 nitrogen and oxygen atoms in total. The van der Waals surface area contributed by atoms with Crippen LogP contribution >= 0.6 is 11.6 Å². The summed E-state index contributed by atoms with van der Waals surface area (Å²) in [5.74, 6) is 0. The van der Waals surface area contributed by atoms with Gasteiger partial charge in [-0.25, -0.2) is 8.42 Å². The van der Waals surface area contributed by atoms with E-state index in [4.69, 9.17) is 11.6 Å². The lowest BCUT2D eigenvalue weighted by molar-refractivity contribution is 0.290. The molecule has 1 fully saturated rings. The number of sulfonamides is 1. The Morgan fingerprint density at radius 2 is 2.21 bits per heavy atom. The average Bonchev–Trinajstić information content (AvgIpc) is 2.85. The molecule has 1 aliphatic heterocycles. The lowest BCUT2D eigenvalue weighted by Gasteiger charge is -2.26. The Bertz CT molecular complexity index is 536. The molecular weight excluding hydrogens is 288 g/mol. The van der Waals surface area contributed by atoms with Crippen molar-refractivity contribution in [3.8, 4) is 0 Å². The SMILES string of the molecule is CN(C)CC1CCCN1S(=O)(=O)c1c(Cl)cnn1C. The molecule has 0 N–H and O–H groups in total. The van der Waals surface area contributed by atoms with E-state index in [1.807, 2.05) is 19.0 Å². The lowest BCUT2D eigenvalue weighted by atomic mass is 10.2. The van der Waals surface area contributed by atoms with Crippen LogP contribution in [-0.2, 0) is 17.1 Å². The molecule has 108 valence electrons. The second-order valence-corrected chi connectivity index (χ2v) is 7.31. The van der Waals surface area contributed by atoms with Gasteiger partial charge in [-0.3, -0.25) is 4.68 Å². The summed E-state index contributed by atoms with van der Waals surface area (Å²) in [6.45, 7) is 1.26. The van der Waals surface area contributed by atoms with E-state index in [1.54, 1.807) is 11.4 Å². The van der Waals surface area contributed by atoms with Crippen LogP contribution in [0, 0.1) is 0 Å². The molecule has 0 radical (unpaired) electrons. The molecule has 0 amide bonds. The fraction of sp³-hybridized carbons (Fsp3) is 0.727. The van der Waals surface area contributed by atoms with Crippen molar-refractivity contribution in [2.45, 2.75) is 23.9 Å². The van der Waals surface area contributed by atoms with Gasteiger partial charge in [-0.1, -0.05) is 11.6 Å². The summed E-state index contributed by atoms with van der Waals surface area (Å²) in [6, 6.07) is 0.00552. The van der Waals surface area contributed by atoms with Crippen LogP contribution in [0.3, 0.4) is 0 Å². The number of nitrogens with zero attached hydrogens (tertiary/aromatic N) is 4. The fourth-order valence-corrected chi connectivity index (χ4v) is 4.83. The molecule has 19 heavy (non-hydrogen) atoms. The van der Waals surface area contributed by atoms with E-state index >= 15 is 0 Å². The Morgan fingerprint density at radius 1 is 1.53 bits per heavy atom. The van der Waals surface area contributed by atoms with Crippen LogP contribution in [0.2, 0.25) is 5.02 Å². The third-order valence-corrected chi connectivity index (χ3v) is 5.75. The second-order valence-electron chi connectivity index (χ2n) is 5.10. The van der Waals surface area contributed by atoms with Crippen molar-refractivity contribution >= 4 is 21.6 Å². The number of aromatic nitrogens is 2. The van der Waals surface area contributed by atoms with E-state index in [0.717, 1.165) is 12.8 Å². The summed E-state index contributed by atoms with van der Waals surface area (Å²) < 4.78 is 28.3. The monoisotopic (exact) mass is 306 g/mol. The Kier molecular flexibility index (Phi) is 4.20. The van der Waals surface area contributed by atoms with Crippen molar-refractivity contribution in [3.05, 3.63) is 11.2 Å². The largest absolute Gasteiger partial charge is 0.308 e. The van der Waals surface area contributed by atoms with Crippen LogP contribution in [-0.4, -0.2) is 60.6 Å². The van der Waals surface area contributed by atoms with Crippen molar-refractivity contribution < 1.29 is 8.42 Å². The second kappa shape index (κ2) is 5.40. The van der Waals surface area contributed by atoms with Crippen molar-refractivity contribution in [2.75, 3.05) is 27.2 Å². The van der Waals surface area contributed by atoms with Gasteiger partial charge in [-0.2, -0.15) is 9.40 Å². The van der Waals surface area contributed by atoms with Gasteiger partial charge >= 0.3 is 0 Å². The van der Waals surface area contributed by atoms with Crippen LogP contribution in [0.5, 0.6) is 0 Å². The molecule has 1 aromatic heterocycles. The van der Waals surface area contributed by atoms with E-state index in [2.05, 4.69) is 5.10 Å². The Hall–Kier alpha value is -0.630. The normalized spacial score (nSPS) is 21.4. The van der Waals surface area contributed by atoms with Gasteiger partial charge in [0.1, 0.15) is 0 Å². The van der Waals surface area contributed by atoms with E-state index in [0.29, 0.717) is 13.1 Å². The first kappa shape index (κ1) is 14.8. The summed E-state index contributed by atoms with van der Waals surface area (Å²) >= 11 is 5.96. The highest BCUT2D eigenvalue weighted by Gasteiger charge is 2.38. The van der Waals surface area contributed by atoms with Crippen LogP contribution < -0.4 is 0 Å². The maximum atomic E-state index is 12.7. The quantitative estimate of drug-likeness (QED) is 0.825. The molecule has 1 aromatic rings. The van der Waals surface area contributed by atoms with E-state index in [1.165, 1.54) is 10.9 Å². The molecular formula is C11H19ClN4O2S. The molecule has 1 aliphatic rings. The van der Waals surface area contributed by atoms with Gasteiger partial charge < -0.3 is 4.90 Å². The van der Waals surface area contributed by atoms with Crippen molar-refractivity contribution in [2.24, 2.45) is 7.05 Å². The fourth-order valence-electron chi connectivity index (χ4n) is 2.53. The Labute approximate surface area is 119 Å². The summed E-state index contributed by atoms with van der Waals surface area (Å²) in [5, 5.41) is 4.17. The third kappa shape index (κ3) is 2.79. The minimum Gasteiger partial charge on any atom is -0.308 e. The zero-order valence-corrected chi connectivity index (χ0v) is 12.9. The molecule has 0 bridgehead atoms. The predicted molar refractivity (Wildman–Crippen MR) is 73.7 cm³/mol. The van der Waals surface area contributed by atoms with Gasteiger partial charge in [-0.15, -0.1) is 0 Å². The summed E-state index contributed by atoms with van der Waals surface area (Å²) in [6.07, 6.45) is 3.13. The highest BCUT2D eigenvalue weighted by Crippen LogP contribution is 2.29. The highest BCUT2D eigenvalue weighted by molar-refractivity contribution is 7.89. The van der Waals surface area contributed by atoms with Crippen LogP contribution in [0.15, 0.2) is 11.2 Å². The molecule has 8 heteroatoms. The van der Waals surface area contributed by atoms with Gasteiger partial charge in [0.15, 0.2) is 5.03 Å². The number of aryl methyl sites for hydroxylation is 1. The van der Waals surface area contributed by atoms with Gasteiger partial charge in [0, 0.05) is 26.2 Å². The molecule has 0 saturated carbocycles. The molecule has 2 rings (SSSR count). The Morgan fingerprint density at radius 3 is 2.74 bits per heavy atom. The van der Waals surface area contributed by atoms with Crippen LogP contribution in [0.1, 0.15) is 12.8 Å². The molecule has 0 spiro atoms. The van der Waals surface area contributed by atoms with Gasteiger partial charge in [-0.05, 0) is 26.9 Å². The van der Waals surface area contributed by atoms with Crippen molar-refractivity contribution in [3.63, 3.8) is 0 Å². The van der Waals surface area contributed by atoms with Gasteiger partial charge in [0.25, 0.3) is 10.0 Å². The molecule has 1 atom stereocenters. The molecule has 0 aromatic carbocycles. The number of hydrogen-bond acceptors (Lipinski definition) is 4. The van der Waals surface area contributed by atoms with Crippen molar-refractivity contribution in [1.29, 1.82) is 0 Å². The summed E-state index contributed by atoms with van der Waals surface area (Å²) in [5.41, 5.74) is 0. The molecule has 0 aliphatic carbocycles. The van der Waals surface area contributed by atoms with E-state index < -0.39 is 10.0 Å². The number of likely N-dealkylation sites (N-methyl/N-ethyl adjacent to an activating group) is 1. The number of halogens is 1. The maximum absolute atomic E-state index is 12.7. The summed E-state index contributed by atoms with van der Waals surface area (Å²) in [7, 11) is 1.91. The predicted octanol–water partition coefficient (Wildman–Crippen LogP) is 0.788. The summed E-state index contributed by atoms with van der Waals surface area (Å²) in [4.78, 5) is 2.00. The third-order valence-electron chi connectivity index (χ3n) is 3.29. The van der Waals surface area contributed by atoms with Gasteiger partial charge in [0.2, 0.25) is 0 Å². The zero-order valence-electron chi connectivity index (χ0n) is 11.4. The van der Waals surface area contributed by atoms with E-state index in [9.17, 15) is 8.42 Å². The standard InChI is InChI=1S/C11H19ClN4O2S/c1-14(2)8-9-5-4-6-16(9)19(17,18)11-10(12)7-13-15(11)3/h7,9H,4-6,8H2,1-3H3. The topological polar surface area (TPSA) is 58.4 Å². The molecule has 2 heterocycles. The highest BCUT2D eigenvalue weighted by atomic mass is 35.5. The minimum absolute atomic E-state index is 0.00552. The first-order valence-electron chi connectivity index (χ1n) is 6.18. The van der Waals surface area contributed by atoms with E-state index in [-0.39, 0.29) is 16.1 Å². The molecule has 1 saturated heterocycles. The van der Waals surface area contributed by atoms with Crippen LogP contribution in [0.4, 0.5) is 0 Å². The zero-order chi connectivity index (χ0) is 14.2. The number of hydrogen-bond donors (Lipinski definition) is 0. The van der Waals surface area contributed by atoms with Crippen LogP contribution in [0.25, 0.3) is 0 Å². The minimum atomic E-state index is -3.58. The first-order chi connectivity index (χ1) is 8.84. The smallest absolute Gasteiger partial charge is 0.262 e. The first-order valence-corrected chi connectivity index (χ1v) is 8.00. The van der Waals surface area contributed by atoms with Crippen molar-refractivity contribution in [1.82, 2.24) is 19.0 Å². The average molecular weight is 307 g/mol. The maximum Gasteiger partial charge on any atom is 0.262 e.